The Kier molecular flexibility index (Phi) is 6.10. The molecule has 0 aliphatic carbocycles. The van der Waals surface area contributed by atoms with E-state index >= 15 is 0 Å². The van der Waals surface area contributed by atoms with Gasteiger partial charge in [-0.05, 0) is 25.0 Å². The number of rotatable bonds is 5. The Bertz CT molecular complexity index is 193. The lowest BCUT2D eigenvalue weighted by molar-refractivity contribution is -0.121. The summed E-state index contributed by atoms with van der Waals surface area (Å²) in [6, 6.07) is 0. The molecule has 88 valence electrons. The van der Waals surface area contributed by atoms with Gasteiger partial charge in [-0.25, -0.2) is 0 Å². The highest BCUT2D eigenvalue weighted by molar-refractivity contribution is 8.00. The molecule has 15 heavy (non-hydrogen) atoms. The van der Waals surface area contributed by atoms with E-state index in [1.165, 1.54) is 6.42 Å². The minimum absolute atomic E-state index is 0.106. The Morgan fingerprint density at radius 1 is 1.60 bits per heavy atom. The van der Waals surface area contributed by atoms with Crippen LogP contribution in [0.2, 0.25) is 0 Å². The Morgan fingerprint density at radius 2 is 2.40 bits per heavy atom. The van der Waals surface area contributed by atoms with Crippen molar-refractivity contribution in [3.63, 3.8) is 0 Å². The number of carbonyl (C=O) groups excluding carboxylic acids is 1. The summed E-state index contributed by atoms with van der Waals surface area (Å²) >= 11 is 1.74. The number of aliphatic hydroxyl groups excluding tert-OH is 1. The summed E-state index contributed by atoms with van der Waals surface area (Å²) in [7, 11) is 0. The number of carbonyl (C=O) groups is 1. The molecular weight excluding hydrogens is 210 g/mol. The maximum atomic E-state index is 11.7. The Morgan fingerprint density at radius 3 is 3.00 bits per heavy atom. The molecule has 2 atom stereocenters. The van der Waals surface area contributed by atoms with Crippen LogP contribution in [0.1, 0.15) is 39.0 Å². The van der Waals surface area contributed by atoms with Crippen LogP contribution in [0.25, 0.3) is 0 Å². The second-order valence-electron chi connectivity index (χ2n) is 4.04. The molecule has 0 saturated carbocycles. The molecule has 0 spiro atoms. The zero-order valence-electron chi connectivity index (χ0n) is 9.37. The van der Waals surface area contributed by atoms with Gasteiger partial charge in [-0.15, -0.1) is 11.8 Å². The fourth-order valence-corrected chi connectivity index (χ4v) is 2.94. The van der Waals surface area contributed by atoms with Crippen LogP contribution in [0.5, 0.6) is 0 Å². The van der Waals surface area contributed by atoms with Crippen LogP contribution in [0.3, 0.4) is 0 Å². The van der Waals surface area contributed by atoms with E-state index in [0.29, 0.717) is 6.54 Å². The fourth-order valence-electron chi connectivity index (χ4n) is 1.72. The lowest BCUT2D eigenvalue weighted by Crippen LogP contribution is -2.38. The predicted octanol–water partition coefficient (Wildman–Crippen LogP) is 1.55. The number of aliphatic hydroxyl groups is 1. The molecule has 1 aliphatic heterocycles. The third kappa shape index (κ3) is 4.89. The highest BCUT2D eigenvalue weighted by atomic mass is 32.2. The third-order valence-corrected chi connectivity index (χ3v) is 3.98. The van der Waals surface area contributed by atoms with Crippen molar-refractivity contribution in [1.82, 2.24) is 5.32 Å². The summed E-state index contributed by atoms with van der Waals surface area (Å²) in [5, 5.41) is 12.4. The van der Waals surface area contributed by atoms with Gasteiger partial charge < -0.3 is 10.4 Å². The van der Waals surface area contributed by atoms with Crippen LogP contribution in [0.4, 0.5) is 0 Å². The van der Waals surface area contributed by atoms with Gasteiger partial charge in [-0.2, -0.15) is 0 Å². The number of amides is 1. The molecule has 1 fully saturated rings. The van der Waals surface area contributed by atoms with Crippen LogP contribution in [0.15, 0.2) is 0 Å². The van der Waals surface area contributed by atoms with E-state index in [2.05, 4.69) is 5.32 Å². The molecule has 0 bridgehead atoms. The van der Waals surface area contributed by atoms with Crippen molar-refractivity contribution < 1.29 is 9.90 Å². The SMILES string of the molecule is CCCC(O)CNC(=O)C1CCCCS1. The molecule has 1 saturated heterocycles. The molecule has 2 N–H and O–H groups in total. The second-order valence-corrected chi connectivity index (χ2v) is 5.35. The van der Waals surface area contributed by atoms with Gasteiger partial charge in [0.25, 0.3) is 0 Å². The first-order valence-corrected chi connectivity index (χ1v) is 6.86. The van der Waals surface area contributed by atoms with E-state index in [9.17, 15) is 9.90 Å². The normalized spacial score (nSPS) is 23.5. The summed E-state index contributed by atoms with van der Waals surface area (Å²) in [5.41, 5.74) is 0. The van der Waals surface area contributed by atoms with Crippen LogP contribution in [-0.4, -0.2) is 34.7 Å². The van der Waals surface area contributed by atoms with Crippen molar-refractivity contribution in [3.05, 3.63) is 0 Å². The minimum atomic E-state index is -0.382. The van der Waals surface area contributed by atoms with Gasteiger partial charge in [0.05, 0.1) is 11.4 Å². The summed E-state index contributed by atoms with van der Waals surface area (Å²) in [5.74, 6) is 1.20. The molecule has 3 nitrogen and oxygen atoms in total. The standard InChI is InChI=1S/C11H21NO2S/c1-2-5-9(13)8-12-11(14)10-6-3-4-7-15-10/h9-10,13H,2-8H2,1H3,(H,12,14). The van der Waals surface area contributed by atoms with Crippen molar-refractivity contribution in [3.8, 4) is 0 Å². The van der Waals surface area contributed by atoms with Crippen molar-refractivity contribution in [2.24, 2.45) is 0 Å². The summed E-state index contributed by atoms with van der Waals surface area (Å²) in [6.07, 6.45) is 4.70. The largest absolute Gasteiger partial charge is 0.391 e. The highest BCUT2D eigenvalue weighted by Gasteiger charge is 2.21. The second kappa shape index (κ2) is 7.12. The molecule has 1 heterocycles. The molecule has 1 amide bonds. The Hall–Kier alpha value is -0.220. The van der Waals surface area contributed by atoms with Crippen LogP contribution < -0.4 is 5.32 Å². The first-order valence-electron chi connectivity index (χ1n) is 5.81. The lowest BCUT2D eigenvalue weighted by atomic mass is 10.1. The van der Waals surface area contributed by atoms with Crippen LogP contribution in [-0.2, 0) is 4.79 Å². The van der Waals surface area contributed by atoms with Crippen molar-refractivity contribution in [2.45, 2.75) is 50.4 Å². The van der Waals surface area contributed by atoms with Crippen molar-refractivity contribution in [2.75, 3.05) is 12.3 Å². The molecule has 0 aromatic rings. The topological polar surface area (TPSA) is 49.3 Å². The molecule has 0 aromatic carbocycles. The van der Waals surface area contributed by atoms with Crippen molar-refractivity contribution in [1.29, 1.82) is 0 Å². The maximum Gasteiger partial charge on any atom is 0.233 e. The molecule has 1 rings (SSSR count). The number of hydrogen-bond acceptors (Lipinski definition) is 3. The van der Waals surface area contributed by atoms with E-state index in [0.717, 1.165) is 31.4 Å². The molecule has 0 radical (unpaired) electrons. The predicted molar refractivity (Wildman–Crippen MR) is 64.0 cm³/mol. The summed E-state index contributed by atoms with van der Waals surface area (Å²) in [4.78, 5) is 11.7. The van der Waals surface area contributed by atoms with E-state index in [1.54, 1.807) is 11.8 Å². The first kappa shape index (κ1) is 12.8. The molecule has 4 heteroatoms. The average molecular weight is 231 g/mol. The zero-order chi connectivity index (χ0) is 11.1. The minimum Gasteiger partial charge on any atom is -0.391 e. The molecule has 1 aliphatic rings. The molecule has 2 unspecified atom stereocenters. The highest BCUT2D eigenvalue weighted by Crippen LogP contribution is 2.24. The van der Waals surface area contributed by atoms with Gasteiger partial charge in [-0.1, -0.05) is 19.8 Å². The quantitative estimate of drug-likeness (QED) is 0.755. The van der Waals surface area contributed by atoms with Gasteiger partial charge in [-0.3, -0.25) is 4.79 Å². The Balaban J connectivity index is 2.16. The monoisotopic (exact) mass is 231 g/mol. The van der Waals surface area contributed by atoms with Crippen LogP contribution >= 0.6 is 11.8 Å². The maximum absolute atomic E-state index is 11.7. The van der Waals surface area contributed by atoms with Gasteiger partial charge >= 0.3 is 0 Å². The van der Waals surface area contributed by atoms with Gasteiger partial charge in [0.1, 0.15) is 0 Å². The van der Waals surface area contributed by atoms with Gasteiger partial charge in [0.2, 0.25) is 5.91 Å². The summed E-state index contributed by atoms with van der Waals surface area (Å²) < 4.78 is 0. The summed E-state index contributed by atoms with van der Waals surface area (Å²) in [6.45, 7) is 2.44. The van der Waals surface area contributed by atoms with Crippen molar-refractivity contribution >= 4 is 17.7 Å². The van der Waals surface area contributed by atoms with Gasteiger partial charge in [0.15, 0.2) is 0 Å². The number of thioether (sulfide) groups is 1. The fraction of sp³-hybridized carbons (Fsp3) is 0.909. The van der Waals surface area contributed by atoms with E-state index in [4.69, 9.17) is 0 Å². The Labute approximate surface area is 96.0 Å². The van der Waals surface area contributed by atoms with E-state index in [1.807, 2.05) is 6.92 Å². The first-order chi connectivity index (χ1) is 7.24. The van der Waals surface area contributed by atoms with E-state index < -0.39 is 0 Å². The molecular formula is C11H21NO2S. The van der Waals surface area contributed by atoms with E-state index in [-0.39, 0.29) is 17.3 Å². The average Bonchev–Trinajstić information content (AvgIpc) is 2.27. The number of nitrogens with one attached hydrogen (secondary N) is 1. The smallest absolute Gasteiger partial charge is 0.233 e. The van der Waals surface area contributed by atoms with Gasteiger partial charge in [0, 0.05) is 6.54 Å². The lowest BCUT2D eigenvalue weighted by Gasteiger charge is -2.21. The number of hydrogen-bond donors (Lipinski definition) is 2. The third-order valence-electron chi connectivity index (χ3n) is 2.61. The molecule has 0 aromatic heterocycles. The van der Waals surface area contributed by atoms with Crippen LogP contribution in [0, 0.1) is 0 Å². The zero-order valence-corrected chi connectivity index (χ0v) is 10.2.